The van der Waals surface area contributed by atoms with Crippen LogP contribution < -0.4 is 10.1 Å². The van der Waals surface area contributed by atoms with E-state index in [9.17, 15) is 4.79 Å². The van der Waals surface area contributed by atoms with Crippen LogP contribution in [0.25, 0.3) is 0 Å². The highest BCUT2D eigenvalue weighted by atomic mass is 79.9. The molecule has 3 rings (SSSR count). The van der Waals surface area contributed by atoms with E-state index in [1.165, 1.54) is 0 Å². The Balaban J connectivity index is 1.74. The third kappa shape index (κ3) is 4.37. The highest BCUT2D eigenvalue weighted by Gasteiger charge is 2.21. The van der Waals surface area contributed by atoms with Gasteiger partial charge in [0.05, 0.1) is 5.56 Å². The molecule has 3 aromatic rings. The van der Waals surface area contributed by atoms with E-state index in [1.807, 2.05) is 0 Å². The quantitative estimate of drug-likeness (QED) is 0.649. The van der Waals surface area contributed by atoms with Crippen LogP contribution in [0.2, 0.25) is 5.02 Å². The summed E-state index contributed by atoms with van der Waals surface area (Å²) in [6, 6.07) is 10.5. The van der Waals surface area contributed by atoms with Crippen LogP contribution in [0.4, 0.5) is 5.82 Å². The highest BCUT2D eigenvalue weighted by Crippen LogP contribution is 2.21. The lowest BCUT2D eigenvalue weighted by Crippen LogP contribution is -2.16. The largest absolute Gasteiger partial charge is 0.489 e. The molecule has 0 aliphatic rings. The zero-order valence-corrected chi connectivity index (χ0v) is 15.5. The number of aromatic nitrogens is 2. The first-order valence-corrected chi connectivity index (χ1v) is 8.46. The summed E-state index contributed by atoms with van der Waals surface area (Å²) >= 11 is 9.23. The fourth-order valence-electron chi connectivity index (χ4n) is 2.08. The average Bonchev–Trinajstić information content (AvgIpc) is 2.96. The maximum atomic E-state index is 12.4. The predicted molar refractivity (Wildman–Crippen MR) is 96.9 cm³/mol. The van der Waals surface area contributed by atoms with Crippen LogP contribution in [0.1, 0.15) is 21.8 Å². The molecule has 25 heavy (non-hydrogen) atoms. The van der Waals surface area contributed by atoms with Crippen molar-refractivity contribution in [2.24, 2.45) is 0 Å². The molecular formula is C17H13BrClN3O3. The molecule has 0 radical (unpaired) electrons. The molecule has 1 aromatic carbocycles. The number of hydrogen-bond donors (Lipinski definition) is 1. The van der Waals surface area contributed by atoms with Crippen molar-refractivity contribution in [3.8, 4) is 5.75 Å². The average molecular weight is 423 g/mol. The van der Waals surface area contributed by atoms with Crippen molar-refractivity contribution < 1.29 is 14.1 Å². The van der Waals surface area contributed by atoms with E-state index in [4.69, 9.17) is 20.9 Å². The zero-order valence-electron chi connectivity index (χ0n) is 13.1. The number of aryl methyl sites for hydroxylation is 1. The van der Waals surface area contributed by atoms with Gasteiger partial charge in [0, 0.05) is 15.7 Å². The smallest absolute Gasteiger partial charge is 0.279 e. The fourth-order valence-corrected chi connectivity index (χ4v) is 2.49. The summed E-state index contributed by atoms with van der Waals surface area (Å²) in [4.78, 5) is 16.5. The van der Waals surface area contributed by atoms with E-state index in [0.29, 0.717) is 27.9 Å². The molecule has 0 aliphatic carbocycles. The number of carbonyl (C=O) groups excluding carboxylic acids is 1. The van der Waals surface area contributed by atoms with E-state index < -0.39 is 5.91 Å². The Hall–Kier alpha value is -2.38. The first kappa shape index (κ1) is 17.4. The predicted octanol–water partition coefficient (Wildman–Crippen LogP) is 4.63. The van der Waals surface area contributed by atoms with Gasteiger partial charge >= 0.3 is 0 Å². The number of hydrogen-bond acceptors (Lipinski definition) is 5. The summed E-state index contributed by atoms with van der Waals surface area (Å²) in [5, 5.41) is 7.07. The summed E-state index contributed by atoms with van der Waals surface area (Å²) in [6.45, 7) is 1.85. The van der Waals surface area contributed by atoms with Crippen LogP contribution in [-0.2, 0) is 6.61 Å². The van der Waals surface area contributed by atoms with Crippen molar-refractivity contribution in [1.29, 1.82) is 0 Å². The van der Waals surface area contributed by atoms with Gasteiger partial charge in [0.25, 0.3) is 5.91 Å². The highest BCUT2D eigenvalue weighted by molar-refractivity contribution is 9.10. The minimum Gasteiger partial charge on any atom is -0.489 e. The van der Waals surface area contributed by atoms with Gasteiger partial charge in [-0.15, -0.1) is 0 Å². The molecule has 0 atom stereocenters. The van der Waals surface area contributed by atoms with Gasteiger partial charge in [0.1, 0.15) is 23.9 Å². The summed E-state index contributed by atoms with van der Waals surface area (Å²) in [5.41, 5.74) is 0.721. The standard InChI is InChI=1S/C17H13BrClN3O3/c1-10-14(9-24-13-4-2-3-12(19)7-13)16(22-25-10)17(23)21-15-6-5-11(18)8-20-15/h2-8H,9H2,1H3,(H,20,21,23). The van der Waals surface area contributed by atoms with Crippen LogP contribution in [-0.4, -0.2) is 16.0 Å². The lowest BCUT2D eigenvalue weighted by Gasteiger charge is -2.07. The Morgan fingerprint density at radius 2 is 2.20 bits per heavy atom. The lowest BCUT2D eigenvalue weighted by atomic mass is 10.2. The number of anilines is 1. The Morgan fingerprint density at radius 1 is 1.36 bits per heavy atom. The van der Waals surface area contributed by atoms with Gasteiger partial charge in [0.2, 0.25) is 0 Å². The topological polar surface area (TPSA) is 77.3 Å². The van der Waals surface area contributed by atoms with Crippen molar-refractivity contribution in [2.45, 2.75) is 13.5 Å². The number of ether oxygens (including phenoxy) is 1. The summed E-state index contributed by atoms with van der Waals surface area (Å²) in [6.07, 6.45) is 1.59. The van der Waals surface area contributed by atoms with E-state index in [2.05, 4.69) is 31.4 Å². The van der Waals surface area contributed by atoms with Crippen molar-refractivity contribution in [3.05, 3.63) is 69.1 Å². The number of pyridine rings is 1. The van der Waals surface area contributed by atoms with Crippen molar-refractivity contribution in [3.63, 3.8) is 0 Å². The molecule has 0 aliphatic heterocycles. The SMILES string of the molecule is Cc1onc(C(=O)Nc2ccc(Br)cn2)c1COc1cccc(Cl)c1. The number of nitrogens with one attached hydrogen (secondary N) is 1. The Kier molecular flexibility index (Phi) is 5.35. The Labute approximate surface area is 157 Å². The summed E-state index contributed by atoms with van der Waals surface area (Å²) in [5.74, 6) is 1.09. The molecule has 0 saturated heterocycles. The number of nitrogens with zero attached hydrogens (tertiary/aromatic N) is 2. The first-order chi connectivity index (χ1) is 12.0. The van der Waals surface area contributed by atoms with Crippen LogP contribution in [0, 0.1) is 6.92 Å². The van der Waals surface area contributed by atoms with Crippen LogP contribution in [0.5, 0.6) is 5.75 Å². The molecule has 6 nitrogen and oxygen atoms in total. The van der Waals surface area contributed by atoms with Gasteiger partial charge in [-0.1, -0.05) is 22.8 Å². The molecule has 8 heteroatoms. The number of rotatable bonds is 5. The molecule has 1 N–H and O–H groups in total. The van der Waals surface area contributed by atoms with E-state index in [1.54, 1.807) is 49.5 Å². The van der Waals surface area contributed by atoms with Crippen molar-refractivity contribution in [2.75, 3.05) is 5.32 Å². The van der Waals surface area contributed by atoms with E-state index >= 15 is 0 Å². The second-order valence-electron chi connectivity index (χ2n) is 5.13. The number of amides is 1. The second-order valence-corrected chi connectivity index (χ2v) is 6.48. The van der Waals surface area contributed by atoms with Crippen LogP contribution in [0.3, 0.4) is 0 Å². The van der Waals surface area contributed by atoms with Gasteiger partial charge in [-0.05, 0) is 53.2 Å². The fraction of sp³-hybridized carbons (Fsp3) is 0.118. The first-order valence-electron chi connectivity index (χ1n) is 7.29. The van der Waals surface area contributed by atoms with Crippen LogP contribution >= 0.6 is 27.5 Å². The lowest BCUT2D eigenvalue weighted by molar-refractivity contribution is 0.101. The van der Waals surface area contributed by atoms with Gasteiger partial charge in [-0.25, -0.2) is 4.98 Å². The molecule has 128 valence electrons. The molecule has 0 spiro atoms. The second kappa shape index (κ2) is 7.67. The monoisotopic (exact) mass is 421 g/mol. The molecular weight excluding hydrogens is 410 g/mol. The van der Waals surface area contributed by atoms with Gasteiger partial charge in [-0.3, -0.25) is 4.79 Å². The third-order valence-electron chi connectivity index (χ3n) is 3.35. The number of halogens is 2. The van der Waals surface area contributed by atoms with Gasteiger partial charge < -0.3 is 14.6 Å². The van der Waals surface area contributed by atoms with Gasteiger partial charge in [-0.2, -0.15) is 0 Å². The van der Waals surface area contributed by atoms with E-state index in [-0.39, 0.29) is 12.3 Å². The minimum absolute atomic E-state index is 0.131. The molecule has 1 amide bonds. The number of carbonyl (C=O) groups is 1. The zero-order chi connectivity index (χ0) is 17.8. The summed E-state index contributed by atoms with van der Waals surface area (Å²) in [7, 11) is 0. The minimum atomic E-state index is -0.420. The molecule has 2 heterocycles. The summed E-state index contributed by atoms with van der Waals surface area (Å²) < 4.78 is 11.6. The van der Waals surface area contributed by atoms with Crippen molar-refractivity contribution in [1.82, 2.24) is 10.1 Å². The van der Waals surface area contributed by atoms with E-state index in [0.717, 1.165) is 4.47 Å². The molecule has 0 bridgehead atoms. The van der Waals surface area contributed by atoms with Crippen molar-refractivity contribution >= 4 is 39.3 Å². The molecule has 2 aromatic heterocycles. The maximum absolute atomic E-state index is 12.4. The Morgan fingerprint density at radius 3 is 2.92 bits per heavy atom. The van der Waals surface area contributed by atoms with Crippen LogP contribution in [0.15, 0.2) is 51.6 Å². The number of benzene rings is 1. The third-order valence-corrected chi connectivity index (χ3v) is 4.05. The normalized spacial score (nSPS) is 10.5. The molecule has 0 saturated carbocycles. The Bertz CT molecular complexity index is 896. The van der Waals surface area contributed by atoms with Gasteiger partial charge in [0.15, 0.2) is 5.69 Å². The maximum Gasteiger partial charge on any atom is 0.279 e. The molecule has 0 fully saturated rings. The molecule has 0 unspecified atom stereocenters.